The van der Waals surface area contributed by atoms with Crippen LogP contribution in [0.5, 0.6) is 0 Å². The minimum absolute atomic E-state index is 0. The molecule has 0 radical (unpaired) electrons. The van der Waals surface area contributed by atoms with Gasteiger partial charge in [0, 0.05) is 40.0 Å². The van der Waals surface area contributed by atoms with Crippen molar-refractivity contribution in [2.24, 2.45) is 10.4 Å². The number of hydrogen-bond acceptors (Lipinski definition) is 3. The molecular formula is C18H36IN3O2. The highest BCUT2D eigenvalue weighted by Crippen LogP contribution is 2.41. The van der Waals surface area contributed by atoms with Gasteiger partial charge >= 0.3 is 0 Å². The highest BCUT2D eigenvalue weighted by Gasteiger charge is 2.33. The summed E-state index contributed by atoms with van der Waals surface area (Å²) in [4.78, 5) is 4.88. The van der Waals surface area contributed by atoms with Gasteiger partial charge in [-0.2, -0.15) is 0 Å². The quantitative estimate of drug-likeness (QED) is 0.320. The first-order valence-corrected chi connectivity index (χ1v) is 9.41. The average molecular weight is 453 g/mol. The molecule has 0 aromatic heterocycles. The van der Waals surface area contributed by atoms with Crippen LogP contribution in [0.4, 0.5) is 0 Å². The first-order valence-electron chi connectivity index (χ1n) is 9.41. The van der Waals surface area contributed by atoms with E-state index >= 15 is 0 Å². The Morgan fingerprint density at radius 3 is 2.67 bits per heavy atom. The fourth-order valence-electron chi connectivity index (χ4n) is 3.74. The van der Waals surface area contributed by atoms with Crippen LogP contribution in [0, 0.1) is 5.41 Å². The Balaban J connectivity index is 0.00000288. The van der Waals surface area contributed by atoms with Crippen LogP contribution >= 0.6 is 24.0 Å². The molecular weight excluding hydrogens is 417 g/mol. The van der Waals surface area contributed by atoms with Crippen LogP contribution in [0.15, 0.2) is 4.99 Å². The summed E-state index contributed by atoms with van der Waals surface area (Å²) in [6.45, 7) is 6.64. The van der Waals surface area contributed by atoms with E-state index in [4.69, 9.17) is 14.5 Å². The summed E-state index contributed by atoms with van der Waals surface area (Å²) in [7, 11) is 1.79. The van der Waals surface area contributed by atoms with E-state index in [1.807, 2.05) is 0 Å². The van der Waals surface area contributed by atoms with Crippen molar-refractivity contribution >= 4 is 29.9 Å². The van der Waals surface area contributed by atoms with Gasteiger partial charge in [-0.05, 0) is 50.9 Å². The van der Waals surface area contributed by atoms with Gasteiger partial charge in [-0.3, -0.25) is 4.99 Å². The van der Waals surface area contributed by atoms with Crippen LogP contribution in [0.3, 0.4) is 0 Å². The number of halogens is 1. The third kappa shape index (κ3) is 7.44. The SMILES string of the molecule is CCNC(=NCC1(CCOC)CCCC1)NCCC1CCCO1.I. The van der Waals surface area contributed by atoms with Gasteiger partial charge in [-0.25, -0.2) is 0 Å². The summed E-state index contributed by atoms with van der Waals surface area (Å²) in [6, 6.07) is 0. The van der Waals surface area contributed by atoms with E-state index in [2.05, 4.69) is 17.6 Å². The summed E-state index contributed by atoms with van der Waals surface area (Å²) in [5.74, 6) is 0.953. The van der Waals surface area contributed by atoms with E-state index in [1.165, 1.54) is 38.5 Å². The van der Waals surface area contributed by atoms with Crippen molar-refractivity contribution in [2.45, 2.75) is 64.4 Å². The molecule has 1 aliphatic heterocycles. The highest BCUT2D eigenvalue weighted by molar-refractivity contribution is 14.0. The fourth-order valence-corrected chi connectivity index (χ4v) is 3.74. The summed E-state index contributed by atoms with van der Waals surface area (Å²) in [5.41, 5.74) is 0.354. The van der Waals surface area contributed by atoms with Crippen LogP contribution in [0.2, 0.25) is 0 Å². The monoisotopic (exact) mass is 453 g/mol. The van der Waals surface area contributed by atoms with Gasteiger partial charge in [-0.15, -0.1) is 24.0 Å². The molecule has 1 saturated carbocycles. The molecule has 2 rings (SSSR count). The van der Waals surface area contributed by atoms with E-state index in [9.17, 15) is 0 Å². The van der Waals surface area contributed by atoms with E-state index in [1.54, 1.807) is 7.11 Å². The molecule has 0 bridgehead atoms. The van der Waals surface area contributed by atoms with Crippen molar-refractivity contribution in [1.29, 1.82) is 0 Å². The van der Waals surface area contributed by atoms with E-state index in [0.29, 0.717) is 11.5 Å². The molecule has 5 nitrogen and oxygen atoms in total. The number of methoxy groups -OCH3 is 1. The van der Waals surface area contributed by atoms with Crippen LogP contribution in [-0.4, -0.2) is 52.0 Å². The first-order chi connectivity index (χ1) is 11.3. The highest BCUT2D eigenvalue weighted by atomic mass is 127. The topological polar surface area (TPSA) is 54.9 Å². The molecule has 6 heteroatoms. The van der Waals surface area contributed by atoms with Crippen molar-refractivity contribution in [3.05, 3.63) is 0 Å². The van der Waals surface area contributed by atoms with E-state index in [-0.39, 0.29) is 24.0 Å². The molecule has 0 spiro atoms. The Morgan fingerprint density at radius 2 is 2.04 bits per heavy atom. The van der Waals surface area contributed by atoms with Crippen molar-refractivity contribution in [2.75, 3.05) is 40.0 Å². The lowest BCUT2D eigenvalue weighted by Crippen LogP contribution is -2.39. The number of guanidine groups is 1. The van der Waals surface area contributed by atoms with Gasteiger partial charge in [0.2, 0.25) is 0 Å². The molecule has 24 heavy (non-hydrogen) atoms. The Bertz CT molecular complexity index is 354. The Kier molecular flexibility index (Phi) is 11.3. The number of aliphatic imine (C=N–C) groups is 1. The minimum atomic E-state index is 0. The number of nitrogens with zero attached hydrogens (tertiary/aromatic N) is 1. The standard InChI is InChI=1S/C18H35N3O2.HI/c1-3-19-17(20-12-8-16-7-6-13-23-16)21-15-18(11-14-22-2)9-4-5-10-18;/h16H,3-15H2,1-2H3,(H2,19,20,21);1H. The van der Waals surface area contributed by atoms with Gasteiger partial charge in [0.1, 0.15) is 0 Å². The number of rotatable bonds is 9. The normalized spacial score (nSPS) is 23.1. The number of ether oxygens (including phenoxy) is 2. The third-order valence-corrected chi connectivity index (χ3v) is 5.20. The molecule has 2 fully saturated rings. The molecule has 2 aliphatic rings. The van der Waals surface area contributed by atoms with E-state index < -0.39 is 0 Å². The molecule has 1 atom stereocenters. The Labute approximate surface area is 164 Å². The predicted molar refractivity (Wildman–Crippen MR) is 110 cm³/mol. The van der Waals surface area contributed by atoms with Crippen LogP contribution in [-0.2, 0) is 9.47 Å². The van der Waals surface area contributed by atoms with Crippen LogP contribution in [0.1, 0.15) is 58.3 Å². The Hall–Kier alpha value is -0.0800. The number of nitrogens with one attached hydrogen (secondary N) is 2. The molecule has 1 aliphatic carbocycles. The molecule has 1 unspecified atom stereocenters. The summed E-state index contributed by atoms with van der Waals surface area (Å²) in [6.07, 6.45) is 10.3. The zero-order valence-corrected chi connectivity index (χ0v) is 17.8. The zero-order chi connectivity index (χ0) is 16.4. The summed E-state index contributed by atoms with van der Waals surface area (Å²) >= 11 is 0. The van der Waals surface area contributed by atoms with Crippen LogP contribution < -0.4 is 10.6 Å². The van der Waals surface area contributed by atoms with Gasteiger partial charge in [0.25, 0.3) is 0 Å². The van der Waals surface area contributed by atoms with Gasteiger partial charge in [0.15, 0.2) is 5.96 Å². The minimum Gasteiger partial charge on any atom is -0.385 e. The second-order valence-electron chi connectivity index (χ2n) is 7.00. The smallest absolute Gasteiger partial charge is 0.191 e. The predicted octanol–water partition coefficient (Wildman–Crippen LogP) is 3.33. The second-order valence-corrected chi connectivity index (χ2v) is 7.00. The van der Waals surface area contributed by atoms with Gasteiger partial charge in [0.05, 0.1) is 6.10 Å². The molecule has 1 saturated heterocycles. The molecule has 0 aromatic carbocycles. The van der Waals surface area contributed by atoms with E-state index in [0.717, 1.165) is 51.6 Å². The molecule has 0 amide bonds. The maximum absolute atomic E-state index is 5.68. The third-order valence-electron chi connectivity index (χ3n) is 5.20. The zero-order valence-electron chi connectivity index (χ0n) is 15.4. The van der Waals surface area contributed by atoms with Crippen molar-refractivity contribution in [3.8, 4) is 0 Å². The van der Waals surface area contributed by atoms with Gasteiger partial charge < -0.3 is 20.1 Å². The largest absolute Gasteiger partial charge is 0.385 e. The molecule has 0 aromatic rings. The fraction of sp³-hybridized carbons (Fsp3) is 0.944. The average Bonchev–Trinajstić information content (AvgIpc) is 3.23. The lowest BCUT2D eigenvalue weighted by atomic mass is 9.83. The lowest BCUT2D eigenvalue weighted by Gasteiger charge is -2.27. The number of hydrogen-bond donors (Lipinski definition) is 2. The molecule has 2 N–H and O–H groups in total. The van der Waals surface area contributed by atoms with Gasteiger partial charge in [-0.1, -0.05) is 12.8 Å². The maximum Gasteiger partial charge on any atom is 0.191 e. The van der Waals surface area contributed by atoms with Crippen molar-refractivity contribution < 1.29 is 9.47 Å². The first kappa shape index (κ1) is 22.0. The molecule has 142 valence electrons. The van der Waals surface area contributed by atoms with Crippen molar-refractivity contribution in [1.82, 2.24) is 10.6 Å². The Morgan fingerprint density at radius 1 is 1.25 bits per heavy atom. The van der Waals surface area contributed by atoms with Crippen LogP contribution in [0.25, 0.3) is 0 Å². The maximum atomic E-state index is 5.68. The summed E-state index contributed by atoms with van der Waals surface area (Å²) < 4.78 is 11.0. The molecule has 1 heterocycles. The lowest BCUT2D eigenvalue weighted by molar-refractivity contribution is 0.105. The summed E-state index contributed by atoms with van der Waals surface area (Å²) in [5, 5.41) is 6.84. The van der Waals surface area contributed by atoms with Crippen molar-refractivity contribution in [3.63, 3.8) is 0 Å². The second kappa shape index (κ2) is 12.3.